The predicted octanol–water partition coefficient (Wildman–Crippen LogP) is 5.01. The third-order valence-electron chi connectivity index (χ3n) is 6.92. The molecule has 198 valence electrons. The van der Waals surface area contributed by atoms with Crippen LogP contribution in [0.3, 0.4) is 0 Å². The summed E-state index contributed by atoms with van der Waals surface area (Å²) in [6.45, 7) is 5.25. The molecule has 1 aliphatic rings. The van der Waals surface area contributed by atoms with E-state index in [0.29, 0.717) is 55.2 Å². The van der Waals surface area contributed by atoms with Crippen molar-refractivity contribution in [3.8, 4) is 0 Å². The topological polar surface area (TPSA) is 85.7 Å². The van der Waals surface area contributed by atoms with E-state index >= 15 is 0 Å². The Balaban J connectivity index is 1.29. The number of H-pyrrole nitrogens is 1. The Hall–Kier alpha value is -3.33. The van der Waals surface area contributed by atoms with Crippen LogP contribution in [0.5, 0.6) is 0 Å². The van der Waals surface area contributed by atoms with Gasteiger partial charge in [0.25, 0.3) is 5.91 Å². The molecule has 2 aromatic carbocycles. The van der Waals surface area contributed by atoms with Crippen molar-refractivity contribution in [3.63, 3.8) is 0 Å². The van der Waals surface area contributed by atoms with Gasteiger partial charge in [0.05, 0.1) is 6.54 Å². The second kappa shape index (κ2) is 11.6. The maximum atomic E-state index is 13.0. The molecule has 8 nitrogen and oxygen atoms in total. The maximum absolute atomic E-state index is 13.0. The van der Waals surface area contributed by atoms with Crippen LogP contribution in [-0.4, -0.2) is 69.2 Å². The molecule has 0 spiro atoms. The van der Waals surface area contributed by atoms with Crippen LogP contribution in [0.15, 0.2) is 59.3 Å². The zero-order valence-electron chi connectivity index (χ0n) is 21.1. The molecular weight excluding hydrogens is 525 g/mol. The second-order valence-electron chi connectivity index (χ2n) is 9.48. The standard InChI is InChI=1S/C28H29Cl2N5O3/c1-19(36)34-10-12-35(13-11-34)28(37)26-18-38-27(32-26)17-33(16-21-6-7-22(29)14-24(21)30)9-8-20-15-31-25-5-3-2-4-23(20)25/h2-7,14-15,18,31H,8-13,16-17H2,1H3. The number of carbonyl (C=O) groups excluding carboxylic acids is 2. The normalized spacial score (nSPS) is 14.0. The Morgan fingerprint density at radius 2 is 1.79 bits per heavy atom. The fourth-order valence-electron chi connectivity index (χ4n) is 4.78. The molecule has 1 N–H and O–H groups in total. The van der Waals surface area contributed by atoms with E-state index in [1.165, 1.54) is 17.2 Å². The molecule has 10 heteroatoms. The SMILES string of the molecule is CC(=O)N1CCN(C(=O)c2coc(CN(CCc3c[nH]c4ccccc34)Cc3ccc(Cl)cc3Cl)n2)CC1. The summed E-state index contributed by atoms with van der Waals surface area (Å²) in [6, 6.07) is 13.7. The van der Waals surface area contributed by atoms with E-state index in [2.05, 4.69) is 27.0 Å². The summed E-state index contributed by atoms with van der Waals surface area (Å²) < 4.78 is 5.74. The highest BCUT2D eigenvalue weighted by Gasteiger charge is 2.25. The molecule has 3 heterocycles. The minimum Gasteiger partial charge on any atom is -0.447 e. The predicted molar refractivity (Wildman–Crippen MR) is 147 cm³/mol. The molecule has 5 rings (SSSR count). The Morgan fingerprint density at radius 1 is 1.03 bits per heavy atom. The Kier molecular flexibility index (Phi) is 8.02. The van der Waals surface area contributed by atoms with Crippen LogP contribution in [0.25, 0.3) is 10.9 Å². The number of oxazole rings is 1. The van der Waals surface area contributed by atoms with Crippen molar-refractivity contribution >= 4 is 45.9 Å². The van der Waals surface area contributed by atoms with Gasteiger partial charge in [-0.05, 0) is 35.7 Å². The van der Waals surface area contributed by atoms with Gasteiger partial charge in [-0.3, -0.25) is 14.5 Å². The number of fused-ring (bicyclic) bond motifs is 1. The lowest BCUT2D eigenvalue weighted by Gasteiger charge is -2.33. The fraction of sp³-hybridized carbons (Fsp3) is 0.321. The molecule has 4 aromatic rings. The van der Waals surface area contributed by atoms with Gasteiger partial charge < -0.3 is 19.2 Å². The van der Waals surface area contributed by atoms with Gasteiger partial charge in [0.1, 0.15) is 6.26 Å². The number of para-hydroxylation sites is 1. The highest BCUT2D eigenvalue weighted by atomic mass is 35.5. The Labute approximate surface area is 231 Å². The number of amides is 2. The highest BCUT2D eigenvalue weighted by Crippen LogP contribution is 2.24. The van der Waals surface area contributed by atoms with Gasteiger partial charge in [-0.2, -0.15) is 0 Å². The largest absolute Gasteiger partial charge is 0.447 e. The molecule has 0 aliphatic carbocycles. The lowest BCUT2D eigenvalue weighted by molar-refractivity contribution is -0.130. The molecular formula is C28H29Cl2N5O3. The molecule has 1 aliphatic heterocycles. The molecule has 0 atom stereocenters. The molecule has 38 heavy (non-hydrogen) atoms. The minimum absolute atomic E-state index is 0.0225. The summed E-state index contributed by atoms with van der Waals surface area (Å²) >= 11 is 12.6. The first-order chi connectivity index (χ1) is 18.4. The van der Waals surface area contributed by atoms with E-state index in [9.17, 15) is 9.59 Å². The van der Waals surface area contributed by atoms with Crippen molar-refractivity contribution in [2.45, 2.75) is 26.4 Å². The van der Waals surface area contributed by atoms with E-state index in [4.69, 9.17) is 27.6 Å². The summed E-state index contributed by atoms with van der Waals surface area (Å²) in [6.07, 6.45) is 4.27. The molecule has 0 saturated carbocycles. The smallest absolute Gasteiger partial charge is 0.275 e. The van der Waals surface area contributed by atoms with Gasteiger partial charge in [-0.25, -0.2) is 4.98 Å². The molecule has 0 radical (unpaired) electrons. The lowest BCUT2D eigenvalue weighted by atomic mass is 10.1. The summed E-state index contributed by atoms with van der Waals surface area (Å²) in [5, 5.41) is 2.39. The number of carbonyl (C=O) groups is 2. The van der Waals surface area contributed by atoms with E-state index in [1.807, 2.05) is 30.5 Å². The number of nitrogens with one attached hydrogen (secondary N) is 1. The fourth-order valence-corrected chi connectivity index (χ4v) is 5.25. The van der Waals surface area contributed by atoms with E-state index in [1.54, 1.807) is 22.8 Å². The van der Waals surface area contributed by atoms with Crippen molar-refractivity contribution in [3.05, 3.63) is 87.7 Å². The number of nitrogens with zero attached hydrogens (tertiary/aromatic N) is 4. The average molecular weight is 554 g/mol. The number of hydrogen-bond donors (Lipinski definition) is 1. The quantitative estimate of drug-likeness (QED) is 0.331. The van der Waals surface area contributed by atoms with Gasteiger partial charge in [0.15, 0.2) is 5.69 Å². The Morgan fingerprint density at radius 3 is 2.55 bits per heavy atom. The van der Waals surface area contributed by atoms with E-state index in [-0.39, 0.29) is 17.5 Å². The van der Waals surface area contributed by atoms with Crippen molar-refractivity contribution in [2.24, 2.45) is 0 Å². The maximum Gasteiger partial charge on any atom is 0.275 e. The minimum atomic E-state index is -0.186. The number of aromatic nitrogens is 2. The first kappa shape index (κ1) is 26.3. The van der Waals surface area contributed by atoms with E-state index < -0.39 is 0 Å². The van der Waals surface area contributed by atoms with Crippen molar-refractivity contribution in [1.29, 1.82) is 0 Å². The zero-order valence-corrected chi connectivity index (χ0v) is 22.6. The van der Waals surface area contributed by atoms with Crippen LogP contribution in [0.4, 0.5) is 0 Å². The summed E-state index contributed by atoms with van der Waals surface area (Å²) in [7, 11) is 0. The van der Waals surface area contributed by atoms with Gasteiger partial charge in [0, 0.05) is 73.3 Å². The number of hydrogen-bond acceptors (Lipinski definition) is 5. The first-order valence-corrected chi connectivity index (χ1v) is 13.3. The number of piperazine rings is 1. The monoisotopic (exact) mass is 553 g/mol. The van der Waals surface area contributed by atoms with Gasteiger partial charge in [-0.15, -0.1) is 0 Å². The molecule has 1 fully saturated rings. The number of aromatic amines is 1. The van der Waals surface area contributed by atoms with Crippen LogP contribution < -0.4 is 0 Å². The highest BCUT2D eigenvalue weighted by molar-refractivity contribution is 6.35. The molecule has 0 unspecified atom stereocenters. The van der Waals surface area contributed by atoms with Crippen LogP contribution in [0.2, 0.25) is 10.0 Å². The summed E-state index contributed by atoms with van der Waals surface area (Å²) in [4.78, 5) is 38.1. The van der Waals surface area contributed by atoms with Gasteiger partial charge in [-0.1, -0.05) is 47.5 Å². The Bertz CT molecular complexity index is 1440. The average Bonchev–Trinajstić information content (AvgIpc) is 3.55. The number of halogens is 2. The van der Waals surface area contributed by atoms with Crippen molar-refractivity contribution in [2.75, 3.05) is 32.7 Å². The summed E-state index contributed by atoms with van der Waals surface area (Å²) in [5.74, 6) is 0.295. The van der Waals surface area contributed by atoms with Gasteiger partial charge in [0.2, 0.25) is 11.8 Å². The third kappa shape index (κ3) is 6.04. The van der Waals surface area contributed by atoms with Crippen LogP contribution >= 0.6 is 23.2 Å². The van der Waals surface area contributed by atoms with Gasteiger partial charge >= 0.3 is 0 Å². The molecule has 1 saturated heterocycles. The first-order valence-electron chi connectivity index (χ1n) is 12.6. The van der Waals surface area contributed by atoms with Crippen molar-refractivity contribution in [1.82, 2.24) is 24.7 Å². The molecule has 2 amide bonds. The molecule has 2 aromatic heterocycles. The van der Waals surface area contributed by atoms with Crippen molar-refractivity contribution < 1.29 is 14.0 Å². The van der Waals surface area contributed by atoms with Crippen LogP contribution in [0.1, 0.15) is 34.4 Å². The van der Waals surface area contributed by atoms with Crippen LogP contribution in [-0.2, 0) is 24.3 Å². The van der Waals surface area contributed by atoms with E-state index in [0.717, 1.165) is 24.0 Å². The molecule has 0 bridgehead atoms. The number of benzene rings is 2. The third-order valence-corrected chi connectivity index (χ3v) is 7.51. The van der Waals surface area contributed by atoms with Crippen LogP contribution in [0, 0.1) is 0 Å². The summed E-state index contributed by atoms with van der Waals surface area (Å²) in [5.41, 5.74) is 3.55. The number of rotatable bonds is 8. The second-order valence-corrected chi connectivity index (χ2v) is 10.3. The zero-order chi connectivity index (χ0) is 26.6. The lowest BCUT2D eigenvalue weighted by Crippen LogP contribution is -2.50.